The molecule has 29 heavy (non-hydrogen) atoms. The van der Waals surface area contributed by atoms with Gasteiger partial charge in [-0.05, 0) is 47.4 Å². The van der Waals surface area contributed by atoms with Crippen molar-refractivity contribution in [2.75, 3.05) is 13.1 Å². The summed E-state index contributed by atoms with van der Waals surface area (Å²) in [5, 5.41) is 0. The molecule has 0 radical (unpaired) electrons. The summed E-state index contributed by atoms with van der Waals surface area (Å²) in [6.45, 7) is 2.72. The van der Waals surface area contributed by atoms with Gasteiger partial charge in [-0.3, -0.25) is 4.90 Å². The van der Waals surface area contributed by atoms with Crippen LogP contribution < -0.4 is 9.47 Å². The highest BCUT2D eigenvalue weighted by molar-refractivity contribution is 5.66. The van der Waals surface area contributed by atoms with Gasteiger partial charge in [0.25, 0.3) is 6.29 Å². The Kier molecular flexibility index (Phi) is 4.78. The minimum Gasteiger partial charge on any atom is -0.447 e. The van der Waals surface area contributed by atoms with Crippen LogP contribution in [-0.2, 0) is 6.54 Å². The quantitative estimate of drug-likeness (QED) is 0.583. The summed E-state index contributed by atoms with van der Waals surface area (Å²) in [5.41, 5.74) is 4.62. The van der Waals surface area contributed by atoms with Gasteiger partial charge < -0.3 is 9.47 Å². The molecule has 3 aromatic rings. The fourth-order valence-electron chi connectivity index (χ4n) is 3.88. The number of ether oxygens (including phenoxy) is 2. The molecule has 0 bridgehead atoms. The highest BCUT2D eigenvalue weighted by Crippen LogP contribution is 2.41. The third-order valence-corrected chi connectivity index (χ3v) is 5.46. The molecule has 2 aliphatic heterocycles. The van der Waals surface area contributed by atoms with Gasteiger partial charge in [-0.15, -0.1) is 0 Å². The lowest BCUT2D eigenvalue weighted by atomic mass is 9.99. The van der Waals surface area contributed by atoms with Crippen LogP contribution in [0.2, 0.25) is 0 Å². The Bertz CT molecular complexity index is 1030. The van der Waals surface area contributed by atoms with Crippen molar-refractivity contribution in [2.45, 2.75) is 19.3 Å². The summed E-state index contributed by atoms with van der Waals surface area (Å²) < 4.78 is 25.1. The van der Waals surface area contributed by atoms with Gasteiger partial charge in [-0.1, -0.05) is 54.6 Å². The van der Waals surface area contributed by atoms with Crippen LogP contribution >= 0.6 is 0 Å². The second kappa shape index (κ2) is 7.72. The number of nitrogens with zero attached hydrogens (tertiary/aromatic N) is 1. The van der Waals surface area contributed by atoms with Crippen molar-refractivity contribution < 1.29 is 13.9 Å². The smallest absolute Gasteiger partial charge is 0.267 e. The van der Waals surface area contributed by atoms with E-state index in [1.807, 2.05) is 48.5 Å². The zero-order chi connectivity index (χ0) is 19.6. The van der Waals surface area contributed by atoms with Crippen LogP contribution in [-0.4, -0.2) is 18.0 Å². The maximum atomic E-state index is 13.1. The number of hydrogen-bond acceptors (Lipinski definition) is 3. The van der Waals surface area contributed by atoms with E-state index in [9.17, 15) is 4.39 Å². The molecular weight excluding hydrogens is 365 g/mol. The minimum absolute atomic E-state index is 0.191. The Labute approximate surface area is 170 Å². The average Bonchev–Trinajstić information content (AvgIpc) is 3.19. The van der Waals surface area contributed by atoms with Gasteiger partial charge >= 0.3 is 0 Å². The summed E-state index contributed by atoms with van der Waals surface area (Å²) in [4.78, 5) is 2.40. The summed E-state index contributed by atoms with van der Waals surface area (Å²) in [7, 11) is 0. The lowest BCUT2D eigenvalue weighted by molar-refractivity contribution is 0.0487. The average molecular weight is 387 g/mol. The van der Waals surface area contributed by atoms with Gasteiger partial charge in [-0.25, -0.2) is 4.39 Å². The molecule has 2 aliphatic rings. The molecule has 4 heteroatoms. The number of hydrogen-bond donors (Lipinski definition) is 0. The second-order valence-electron chi connectivity index (χ2n) is 7.48. The van der Waals surface area contributed by atoms with Crippen molar-refractivity contribution in [3.63, 3.8) is 0 Å². The van der Waals surface area contributed by atoms with Gasteiger partial charge in [0.2, 0.25) is 0 Å². The maximum Gasteiger partial charge on any atom is 0.267 e. The van der Waals surface area contributed by atoms with Crippen LogP contribution in [0.3, 0.4) is 0 Å². The zero-order valence-corrected chi connectivity index (χ0v) is 16.1. The maximum absolute atomic E-state index is 13.1. The van der Waals surface area contributed by atoms with Crippen molar-refractivity contribution in [3.8, 4) is 11.5 Å². The van der Waals surface area contributed by atoms with Crippen molar-refractivity contribution in [1.82, 2.24) is 4.90 Å². The summed E-state index contributed by atoms with van der Waals surface area (Å²) >= 11 is 0. The van der Waals surface area contributed by atoms with E-state index in [2.05, 4.69) is 23.1 Å². The van der Waals surface area contributed by atoms with Gasteiger partial charge in [-0.2, -0.15) is 0 Å². The molecule has 3 nitrogen and oxygen atoms in total. The van der Waals surface area contributed by atoms with Crippen molar-refractivity contribution >= 4 is 5.57 Å². The Morgan fingerprint density at radius 2 is 1.69 bits per heavy atom. The first-order valence-electron chi connectivity index (χ1n) is 9.93. The Morgan fingerprint density at radius 1 is 0.897 bits per heavy atom. The molecule has 0 aliphatic carbocycles. The predicted octanol–water partition coefficient (Wildman–Crippen LogP) is 5.59. The molecule has 2 heterocycles. The standard InChI is InChI=1S/C25H22FNO2/c26-22-9-7-19(8-10-22)20-12-14-27(15-13-20)17-18-6-11-23-24(16-18)29-25(28-23)21-4-2-1-3-5-21/h1-12,16,25H,13-15,17H2. The first kappa shape index (κ1) is 18.0. The number of benzene rings is 3. The monoisotopic (exact) mass is 387 g/mol. The van der Waals surface area contributed by atoms with Crippen LogP contribution in [0.4, 0.5) is 4.39 Å². The van der Waals surface area contributed by atoms with Crippen LogP contribution in [0, 0.1) is 5.82 Å². The predicted molar refractivity (Wildman–Crippen MR) is 111 cm³/mol. The molecule has 0 amide bonds. The molecule has 5 rings (SSSR count). The topological polar surface area (TPSA) is 21.7 Å². The number of fused-ring (bicyclic) bond motifs is 1. The van der Waals surface area contributed by atoms with Crippen molar-refractivity contribution in [3.05, 3.63) is 101 Å². The number of rotatable bonds is 4. The van der Waals surface area contributed by atoms with Gasteiger partial charge in [0.05, 0.1) is 0 Å². The van der Waals surface area contributed by atoms with E-state index in [4.69, 9.17) is 9.47 Å². The highest BCUT2D eigenvalue weighted by Gasteiger charge is 2.26. The Hall–Kier alpha value is -3.11. The first-order valence-corrected chi connectivity index (χ1v) is 9.93. The first-order chi connectivity index (χ1) is 14.2. The summed E-state index contributed by atoms with van der Waals surface area (Å²) in [6, 6.07) is 22.9. The van der Waals surface area contributed by atoms with Crippen LogP contribution in [0.15, 0.2) is 78.9 Å². The van der Waals surface area contributed by atoms with E-state index in [-0.39, 0.29) is 12.1 Å². The molecule has 0 saturated heterocycles. The van der Waals surface area contributed by atoms with Crippen LogP contribution in [0.5, 0.6) is 11.5 Å². The van der Waals surface area contributed by atoms with Gasteiger partial charge in [0, 0.05) is 25.2 Å². The minimum atomic E-state index is -0.377. The molecule has 1 atom stereocenters. The highest BCUT2D eigenvalue weighted by atomic mass is 19.1. The van der Waals surface area contributed by atoms with Crippen molar-refractivity contribution in [2.24, 2.45) is 0 Å². The molecule has 0 saturated carbocycles. The molecule has 0 N–H and O–H groups in total. The molecular formula is C25H22FNO2. The lowest BCUT2D eigenvalue weighted by Gasteiger charge is -2.26. The van der Waals surface area contributed by atoms with Gasteiger partial charge in [0.1, 0.15) is 5.82 Å². The Morgan fingerprint density at radius 3 is 2.45 bits per heavy atom. The van der Waals surface area contributed by atoms with E-state index in [1.54, 1.807) is 0 Å². The fraction of sp³-hybridized carbons (Fsp3) is 0.200. The van der Waals surface area contributed by atoms with E-state index in [0.29, 0.717) is 0 Å². The number of halogens is 1. The third-order valence-electron chi connectivity index (χ3n) is 5.46. The largest absolute Gasteiger partial charge is 0.447 e. The van der Waals surface area contributed by atoms with Crippen molar-refractivity contribution in [1.29, 1.82) is 0 Å². The molecule has 146 valence electrons. The van der Waals surface area contributed by atoms with Crippen LogP contribution in [0.1, 0.15) is 29.4 Å². The molecule has 0 fully saturated rings. The van der Waals surface area contributed by atoms with Gasteiger partial charge in [0.15, 0.2) is 11.5 Å². The summed E-state index contributed by atoms with van der Waals surface area (Å²) in [5.74, 6) is 1.40. The fourth-order valence-corrected chi connectivity index (χ4v) is 3.88. The third kappa shape index (κ3) is 3.89. The Balaban J connectivity index is 1.23. The summed E-state index contributed by atoms with van der Waals surface area (Å²) in [6.07, 6.45) is 2.83. The lowest BCUT2D eigenvalue weighted by Crippen LogP contribution is -2.28. The normalized spacial score (nSPS) is 18.5. The molecule has 3 aromatic carbocycles. The van der Waals surface area contributed by atoms with E-state index < -0.39 is 0 Å². The molecule has 1 unspecified atom stereocenters. The van der Waals surface area contributed by atoms with Crippen LogP contribution in [0.25, 0.3) is 5.57 Å². The second-order valence-corrected chi connectivity index (χ2v) is 7.48. The SMILES string of the molecule is Fc1ccc(C2=CCN(Cc3ccc4c(c3)OC(c3ccccc3)O4)CC2)cc1. The molecule has 0 aromatic heterocycles. The molecule has 0 spiro atoms. The van der Waals surface area contributed by atoms with E-state index in [0.717, 1.165) is 48.7 Å². The van der Waals surface area contributed by atoms with E-state index in [1.165, 1.54) is 23.3 Å². The zero-order valence-electron chi connectivity index (χ0n) is 16.1. The van der Waals surface area contributed by atoms with E-state index >= 15 is 0 Å².